The third kappa shape index (κ3) is 5.72. The topological polar surface area (TPSA) is 61.4 Å². The number of halogens is 3. The quantitative estimate of drug-likeness (QED) is 0.739. The molecule has 1 aliphatic heterocycles. The summed E-state index contributed by atoms with van der Waals surface area (Å²) in [6, 6.07) is 3.94. The minimum absolute atomic E-state index is 0. The van der Waals surface area contributed by atoms with Crippen LogP contribution in [0.25, 0.3) is 0 Å². The lowest BCUT2D eigenvalue weighted by molar-refractivity contribution is -0.130. The first kappa shape index (κ1) is 20.9. The zero-order valence-electron chi connectivity index (χ0n) is 13.5. The lowest BCUT2D eigenvalue weighted by Gasteiger charge is -2.16. The molecule has 0 bridgehead atoms. The number of nitrogens with one attached hydrogen (secondary N) is 2. The van der Waals surface area contributed by atoms with E-state index in [4.69, 9.17) is 0 Å². The summed E-state index contributed by atoms with van der Waals surface area (Å²) in [4.78, 5) is 26.0. The molecule has 1 saturated heterocycles. The van der Waals surface area contributed by atoms with Gasteiger partial charge in [-0.2, -0.15) is 0 Å². The maximum absolute atomic E-state index is 13.2. The van der Waals surface area contributed by atoms with Crippen LogP contribution in [0.3, 0.4) is 0 Å². The molecule has 2 N–H and O–H groups in total. The van der Waals surface area contributed by atoms with Crippen molar-refractivity contribution in [2.45, 2.75) is 12.8 Å². The van der Waals surface area contributed by atoms with Gasteiger partial charge in [-0.1, -0.05) is 0 Å². The number of hydrogen-bond donors (Lipinski definition) is 2. The van der Waals surface area contributed by atoms with Crippen LogP contribution in [-0.4, -0.2) is 49.9 Å². The average molecular weight is 423 g/mol. The number of carbonyl (C=O) groups is 2. The largest absolute Gasteiger partial charge is 0.351 e. The first-order valence-corrected chi connectivity index (χ1v) is 8.46. The Bertz CT molecular complexity index is 588. The Morgan fingerprint density at radius 2 is 2.17 bits per heavy atom. The molecule has 1 fully saturated rings. The maximum atomic E-state index is 13.2. The molecule has 1 atom stereocenters. The number of benzene rings is 1. The van der Waals surface area contributed by atoms with Gasteiger partial charge >= 0.3 is 0 Å². The fourth-order valence-corrected chi connectivity index (χ4v) is 3.15. The number of nitrogens with zero attached hydrogens (tertiary/aromatic N) is 1. The van der Waals surface area contributed by atoms with Gasteiger partial charge in [0.1, 0.15) is 5.82 Å². The Balaban J connectivity index is 0.00000288. The van der Waals surface area contributed by atoms with Crippen molar-refractivity contribution in [1.82, 2.24) is 15.5 Å². The van der Waals surface area contributed by atoms with Gasteiger partial charge < -0.3 is 15.5 Å². The molecule has 1 aliphatic rings. The van der Waals surface area contributed by atoms with Crippen molar-refractivity contribution in [1.29, 1.82) is 0 Å². The van der Waals surface area contributed by atoms with Gasteiger partial charge in [0.15, 0.2) is 0 Å². The molecule has 8 heteroatoms. The molecule has 0 radical (unpaired) electrons. The SMILES string of the molecule is CNCC1CCN(C(=O)CCNC(=O)c2cc(F)ccc2Br)C1.Cl. The molecule has 1 unspecified atom stereocenters. The van der Waals surface area contributed by atoms with Crippen molar-refractivity contribution >= 4 is 40.2 Å². The van der Waals surface area contributed by atoms with Crippen molar-refractivity contribution in [3.05, 3.63) is 34.1 Å². The summed E-state index contributed by atoms with van der Waals surface area (Å²) in [5.74, 6) is -0.315. The second-order valence-electron chi connectivity index (χ2n) is 5.68. The van der Waals surface area contributed by atoms with E-state index in [1.54, 1.807) is 0 Å². The van der Waals surface area contributed by atoms with E-state index in [0.29, 0.717) is 10.4 Å². The minimum atomic E-state index is -0.470. The fourth-order valence-electron chi connectivity index (χ4n) is 2.72. The standard InChI is InChI=1S/C16H21BrFN3O2.ClH/c1-19-9-11-5-7-21(10-11)15(22)4-6-20-16(23)13-8-12(18)2-3-14(13)17;/h2-3,8,11,19H,4-7,9-10H2,1H3,(H,20,23);1H. The number of rotatable bonds is 6. The van der Waals surface area contributed by atoms with Gasteiger partial charge in [0, 0.05) is 30.5 Å². The maximum Gasteiger partial charge on any atom is 0.252 e. The van der Waals surface area contributed by atoms with E-state index in [1.165, 1.54) is 18.2 Å². The molecule has 1 aromatic carbocycles. The molecular weight excluding hydrogens is 401 g/mol. The van der Waals surface area contributed by atoms with Gasteiger partial charge in [0.05, 0.1) is 5.56 Å². The van der Waals surface area contributed by atoms with Crippen LogP contribution in [0.4, 0.5) is 4.39 Å². The Hall–Kier alpha value is -1.18. The van der Waals surface area contributed by atoms with Crippen LogP contribution in [0.15, 0.2) is 22.7 Å². The summed E-state index contributed by atoms with van der Waals surface area (Å²) in [5, 5.41) is 5.79. The van der Waals surface area contributed by atoms with E-state index in [0.717, 1.165) is 26.1 Å². The van der Waals surface area contributed by atoms with E-state index in [2.05, 4.69) is 26.6 Å². The summed E-state index contributed by atoms with van der Waals surface area (Å²) >= 11 is 3.22. The van der Waals surface area contributed by atoms with Crippen LogP contribution in [0.1, 0.15) is 23.2 Å². The van der Waals surface area contributed by atoms with Crippen molar-refractivity contribution in [2.24, 2.45) is 5.92 Å². The normalized spacial score (nSPS) is 16.6. The van der Waals surface area contributed by atoms with E-state index in [-0.39, 0.29) is 36.8 Å². The molecule has 1 heterocycles. The van der Waals surface area contributed by atoms with Crippen LogP contribution < -0.4 is 10.6 Å². The van der Waals surface area contributed by atoms with Crippen LogP contribution >= 0.6 is 28.3 Å². The monoisotopic (exact) mass is 421 g/mol. The van der Waals surface area contributed by atoms with E-state index in [1.807, 2.05) is 11.9 Å². The summed E-state index contributed by atoms with van der Waals surface area (Å²) in [7, 11) is 1.91. The van der Waals surface area contributed by atoms with Crippen LogP contribution in [0.2, 0.25) is 0 Å². The van der Waals surface area contributed by atoms with Gasteiger partial charge in [0.25, 0.3) is 5.91 Å². The Morgan fingerprint density at radius 1 is 1.42 bits per heavy atom. The minimum Gasteiger partial charge on any atom is -0.351 e. The molecule has 0 aliphatic carbocycles. The molecule has 24 heavy (non-hydrogen) atoms. The van der Waals surface area contributed by atoms with Crippen LogP contribution in [-0.2, 0) is 4.79 Å². The lowest BCUT2D eigenvalue weighted by atomic mass is 10.1. The van der Waals surface area contributed by atoms with Gasteiger partial charge in [-0.25, -0.2) is 4.39 Å². The highest BCUT2D eigenvalue weighted by Crippen LogP contribution is 2.18. The fraction of sp³-hybridized carbons (Fsp3) is 0.500. The highest BCUT2D eigenvalue weighted by molar-refractivity contribution is 9.10. The van der Waals surface area contributed by atoms with Crippen molar-refractivity contribution < 1.29 is 14.0 Å². The predicted octanol–water partition coefficient (Wildman–Crippen LogP) is 2.20. The first-order chi connectivity index (χ1) is 11.0. The Morgan fingerprint density at radius 3 is 2.88 bits per heavy atom. The lowest BCUT2D eigenvalue weighted by Crippen LogP contribution is -2.34. The van der Waals surface area contributed by atoms with Gasteiger partial charge in [0.2, 0.25) is 5.91 Å². The summed E-state index contributed by atoms with van der Waals surface area (Å²) in [6.45, 7) is 2.69. The van der Waals surface area contributed by atoms with E-state index >= 15 is 0 Å². The number of likely N-dealkylation sites (tertiary alicyclic amines) is 1. The molecule has 2 rings (SSSR count). The van der Waals surface area contributed by atoms with Gasteiger partial charge in [-0.15, -0.1) is 12.4 Å². The Labute approximate surface area is 155 Å². The first-order valence-electron chi connectivity index (χ1n) is 7.67. The van der Waals surface area contributed by atoms with E-state index < -0.39 is 11.7 Å². The number of amides is 2. The molecule has 0 spiro atoms. The zero-order valence-corrected chi connectivity index (χ0v) is 15.9. The molecule has 1 aromatic rings. The molecule has 0 saturated carbocycles. The highest BCUT2D eigenvalue weighted by atomic mass is 79.9. The second kappa shape index (κ2) is 9.96. The summed E-state index contributed by atoms with van der Waals surface area (Å²) < 4.78 is 13.7. The van der Waals surface area contributed by atoms with Gasteiger partial charge in [-0.3, -0.25) is 9.59 Å². The van der Waals surface area contributed by atoms with E-state index in [9.17, 15) is 14.0 Å². The molecule has 5 nitrogen and oxygen atoms in total. The van der Waals surface area contributed by atoms with Crippen molar-refractivity contribution in [2.75, 3.05) is 33.2 Å². The molecule has 0 aromatic heterocycles. The highest BCUT2D eigenvalue weighted by Gasteiger charge is 2.25. The van der Waals surface area contributed by atoms with Gasteiger partial charge in [-0.05, 0) is 60.1 Å². The van der Waals surface area contributed by atoms with Crippen molar-refractivity contribution in [3.8, 4) is 0 Å². The van der Waals surface area contributed by atoms with Crippen molar-refractivity contribution in [3.63, 3.8) is 0 Å². The number of carbonyl (C=O) groups excluding carboxylic acids is 2. The number of hydrogen-bond acceptors (Lipinski definition) is 3. The average Bonchev–Trinajstić information content (AvgIpc) is 2.98. The van der Waals surface area contributed by atoms with Crippen LogP contribution in [0.5, 0.6) is 0 Å². The molecule has 134 valence electrons. The smallest absolute Gasteiger partial charge is 0.252 e. The third-order valence-corrected chi connectivity index (χ3v) is 4.62. The molecule has 2 amide bonds. The molecular formula is C16H22BrClFN3O2. The predicted molar refractivity (Wildman–Crippen MR) is 96.9 cm³/mol. The summed E-state index contributed by atoms with van der Waals surface area (Å²) in [6.07, 6.45) is 1.26. The zero-order chi connectivity index (χ0) is 16.8. The summed E-state index contributed by atoms with van der Waals surface area (Å²) in [5.41, 5.74) is 0.229. The third-order valence-electron chi connectivity index (χ3n) is 3.93. The van der Waals surface area contributed by atoms with Crippen LogP contribution in [0, 0.1) is 11.7 Å². The Kier molecular flexibility index (Phi) is 8.66. The second-order valence-corrected chi connectivity index (χ2v) is 6.54.